The molecule has 4 bridgehead atoms. The van der Waals surface area contributed by atoms with Crippen LogP contribution in [0.1, 0.15) is 59.3 Å². The van der Waals surface area contributed by atoms with Gasteiger partial charge in [-0.1, -0.05) is 20.8 Å². The second-order valence-electron chi connectivity index (χ2n) is 8.64. The van der Waals surface area contributed by atoms with Gasteiger partial charge < -0.3 is 5.73 Å². The molecule has 18 heavy (non-hydrogen) atoms. The molecule has 0 saturated heterocycles. The zero-order valence-electron chi connectivity index (χ0n) is 12.0. The van der Waals surface area contributed by atoms with Crippen LogP contribution in [0.25, 0.3) is 0 Å². The molecule has 4 fully saturated rings. The van der Waals surface area contributed by atoms with Crippen LogP contribution >= 0.6 is 0 Å². The van der Waals surface area contributed by atoms with Gasteiger partial charge >= 0.3 is 0 Å². The highest BCUT2D eigenvalue weighted by atomic mass is 16.1. The topological polar surface area (TPSA) is 43.1 Å². The van der Waals surface area contributed by atoms with Crippen molar-refractivity contribution in [2.45, 2.75) is 59.3 Å². The van der Waals surface area contributed by atoms with Gasteiger partial charge in [0.15, 0.2) is 0 Å². The van der Waals surface area contributed by atoms with Gasteiger partial charge in [0.25, 0.3) is 0 Å². The predicted octanol–water partition coefficient (Wildman–Crippen LogP) is 3.35. The summed E-state index contributed by atoms with van der Waals surface area (Å²) >= 11 is 0. The highest BCUT2D eigenvalue weighted by Gasteiger charge is 2.57. The van der Waals surface area contributed by atoms with Gasteiger partial charge in [-0.05, 0) is 67.1 Å². The fourth-order valence-electron chi connectivity index (χ4n) is 6.00. The Hall–Kier alpha value is -0.530. The first-order valence-corrected chi connectivity index (χ1v) is 7.57. The van der Waals surface area contributed by atoms with Gasteiger partial charge in [-0.3, -0.25) is 4.79 Å². The molecule has 0 aromatic rings. The summed E-state index contributed by atoms with van der Waals surface area (Å²) in [6, 6.07) is 0. The van der Waals surface area contributed by atoms with Crippen molar-refractivity contribution in [2.24, 2.45) is 40.2 Å². The van der Waals surface area contributed by atoms with Crippen molar-refractivity contribution in [3.8, 4) is 0 Å². The first kappa shape index (κ1) is 12.5. The summed E-state index contributed by atoms with van der Waals surface area (Å²) in [7, 11) is 0. The molecule has 2 unspecified atom stereocenters. The zero-order chi connectivity index (χ0) is 13.1. The van der Waals surface area contributed by atoms with E-state index in [1.54, 1.807) is 0 Å². The first-order valence-electron chi connectivity index (χ1n) is 7.57. The highest BCUT2D eigenvalue weighted by Crippen LogP contribution is 2.64. The Morgan fingerprint density at radius 2 is 1.72 bits per heavy atom. The lowest BCUT2D eigenvalue weighted by atomic mass is 9.44. The van der Waals surface area contributed by atoms with E-state index in [0.717, 1.165) is 5.92 Å². The van der Waals surface area contributed by atoms with Crippen molar-refractivity contribution in [1.29, 1.82) is 0 Å². The number of amides is 1. The van der Waals surface area contributed by atoms with E-state index in [1.807, 2.05) is 0 Å². The number of primary amides is 1. The molecule has 4 aliphatic rings. The molecule has 0 heterocycles. The Morgan fingerprint density at radius 3 is 2.17 bits per heavy atom. The van der Waals surface area contributed by atoms with Crippen LogP contribution < -0.4 is 5.73 Å². The second-order valence-corrected chi connectivity index (χ2v) is 8.64. The summed E-state index contributed by atoms with van der Waals surface area (Å²) in [5, 5.41) is 0. The molecule has 2 nitrogen and oxygen atoms in total. The molecule has 0 aromatic carbocycles. The number of hydrogen-bond donors (Lipinski definition) is 1. The lowest BCUT2D eigenvalue weighted by Gasteiger charge is -2.60. The highest BCUT2D eigenvalue weighted by molar-refractivity contribution is 5.77. The molecule has 2 N–H and O–H groups in total. The summed E-state index contributed by atoms with van der Waals surface area (Å²) in [6.45, 7) is 7.07. The van der Waals surface area contributed by atoms with E-state index in [4.69, 9.17) is 5.73 Å². The number of carbonyl (C=O) groups excluding carboxylic acids is 1. The maximum Gasteiger partial charge on any atom is 0.221 e. The number of carbonyl (C=O) groups is 1. The Balaban J connectivity index is 1.85. The van der Waals surface area contributed by atoms with Crippen molar-refractivity contribution < 1.29 is 4.79 Å². The first-order chi connectivity index (χ1) is 8.28. The summed E-state index contributed by atoms with van der Waals surface area (Å²) < 4.78 is 0. The lowest BCUT2D eigenvalue weighted by molar-refractivity contribution is -0.146. The normalized spacial score (nSPS) is 46.4. The molecule has 0 radical (unpaired) electrons. The third-order valence-corrected chi connectivity index (χ3v) is 5.63. The Labute approximate surface area is 111 Å². The van der Waals surface area contributed by atoms with E-state index in [2.05, 4.69) is 20.8 Å². The van der Waals surface area contributed by atoms with Gasteiger partial charge in [-0.15, -0.1) is 0 Å². The standard InChI is InChI=1S/C16H27NO/c1-15(2,3)9-16-6-10-4-11(7-16)13(14(17)18)12(5-10)8-16/h10-13H,4-9H2,1-3H3,(H2,17,18). The van der Waals surface area contributed by atoms with E-state index in [0.29, 0.717) is 22.7 Å². The molecule has 4 saturated carbocycles. The lowest BCUT2D eigenvalue weighted by Crippen LogP contribution is -2.55. The predicted molar refractivity (Wildman–Crippen MR) is 72.7 cm³/mol. The molecule has 0 aromatic heterocycles. The number of nitrogens with two attached hydrogens (primary N) is 1. The molecule has 0 aliphatic heterocycles. The fraction of sp³-hybridized carbons (Fsp3) is 0.938. The van der Waals surface area contributed by atoms with Crippen LogP contribution in [-0.2, 0) is 4.79 Å². The van der Waals surface area contributed by atoms with E-state index >= 15 is 0 Å². The van der Waals surface area contributed by atoms with Crippen molar-refractivity contribution in [1.82, 2.24) is 0 Å². The van der Waals surface area contributed by atoms with Crippen LogP contribution in [0.15, 0.2) is 0 Å². The summed E-state index contributed by atoms with van der Waals surface area (Å²) in [6.07, 6.45) is 7.83. The molecule has 102 valence electrons. The fourth-order valence-corrected chi connectivity index (χ4v) is 6.00. The van der Waals surface area contributed by atoms with Crippen molar-refractivity contribution >= 4 is 5.91 Å². The van der Waals surface area contributed by atoms with Gasteiger partial charge in [0.1, 0.15) is 0 Å². The van der Waals surface area contributed by atoms with E-state index < -0.39 is 0 Å². The Bertz CT molecular complexity index is 352. The van der Waals surface area contributed by atoms with Crippen LogP contribution in [0.5, 0.6) is 0 Å². The average Bonchev–Trinajstić information content (AvgIpc) is 2.09. The number of hydrogen-bond acceptors (Lipinski definition) is 1. The van der Waals surface area contributed by atoms with Gasteiger partial charge in [-0.2, -0.15) is 0 Å². The quantitative estimate of drug-likeness (QED) is 0.801. The third-order valence-electron chi connectivity index (χ3n) is 5.63. The van der Waals surface area contributed by atoms with Crippen LogP contribution in [0.4, 0.5) is 0 Å². The average molecular weight is 249 g/mol. The molecule has 2 atom stereocenters. The molecule has 1 amide bonds. The Morgan fingerprint density at radius 1 is 1.17 bits per heavy atom. The molecular weight excluding hydrogens is 222 g/mol. The van der Waals surface area contributed by atoms with Crippen LogP contribution in [0.2, 0.25) is 0 Å². The molecule has 4 rings (SSSR count). The summed E-state index contributed by atoms with van der Waals surface area (Å²) in [4.78, 5) is 11.7. The van der Waals surface area contributed by atoms with Crippen molar-refractivity contribution in [3.63, 3.8) is 0 Å². The van der Waals surface area contributed by atoms with E-state index in [-0.39, 0.29) is 11.8 Å². The van der Waals surface area contributed by atoms with Crippen LogP contribution in [0.3, 0.4) is 0 Å². The summed E-state index contributed by atoms with van der Waals surface area (Å²) in [5.41, 5.74) is 6.60. The minimum atomic E-state index is -0.0188. The van der Waals surface area contributed by atoms with E-state index in [9.17, 15) is 4.79 Å². The number of rotatable bonds is 2. The zero-order valence-corrected chi connectivity index (χ0v) is 12.0. The Kier molecular flexibility index (Phi) is 2.60. The van der Waals surface area contributed by atoms with Gasteiger partial charge in [0, 0.05) is 5.92 Å². The van der Waals surface area contributed by atoms with Gasteiger partial charge in [-0.25, -0.2) is 0 Å². The van der Waals surface area contributed by atoms with Crippen LogP contribution in [-0.4, -0.2) is 5.91 Å². The monoisotopic (exact) mass is 249 g/mol. The van der Waals surface area contributed by atoms with Crippen molar-refractivity contribution in [3.05, 3.63) is 0 Å². The minimum absolute atomic E-state index is 0.0188. The largest absolute Gasteiger partial charge is 0.369 e. The van der Waals surface area contributed by atoms with Crippen molar-refractivity contribution in [2.75, 3.05) is 0 Å². The minimum Gasteiger partial charge on any atom is -0.369 e. The third kappa shape index (κ3) is 1.98. The molecule has 0 spiro atoms. The summed E-state index contributed by atoms with van der Waals surface area (Å²) in [5.74, 6) is 2.29. The molecule has 4 aliphatic carbocycles. The molecule has 2 heteroatoms. The molecular formula is C16H27NO. The smallest absolute Gasteiger partial charge is 0.221 e. The second kappa shape index (κ2) is 3.74. The SMILES string of the molecule is CC(C)(C)CC12CC3CC(C1)C(C(N)=O)C(C3)C2. The van der Waals surface area contributed by atoms with E-state index in [1.165, 1.54) is 38.5 Å². The maximum atomic E-state index is 11.7. The van der Waals surface area contributed by atoms with Gasteiger partial charge in [0.05, 0.1) is 0 Å². The van der Waals surface area contributed by atoms with Crippen LogP contribution in [0, 0.1) is 34.5 Å². The van der Waals surface area contributed by atoms with Gasteiger partial charge in [0.2, 0.25) is 5.91 Å². The maximum absolute atomic E-state index is 11.7.